The molecule has 70 valence electrons. The fraction of sp³-hybridized carbons (Fsp3) is 0.444. The molecule has 1 unspecified atom stereocenters. The first-order chi connectivity index (χ1) is 6.20. The quantitative estimate of drug-likeness (QED) is 0.690. The molecule has 1 fully saturated rings. The van der Waals surface area contributed by atoms with E-state index < -0.39 is 0 Å². The standard InChI is InChI=1S/C9H12N2O2/c1-6-3-4-13-8(6)9-10-5-7(12)11(9)2/h3-4,9-10H,5H2,1-2H3. The summed E-state index contributed by atoms with van der Waals surface area (Å²) in [6.07, 6.45) is 1.55. The van der Waals surface area contributed by atoms with Gasteiger partial charge < -0.3 is 9.32 Å². The van der Waals surface area contributed by atoms with Crippen LogP contribution in [0, 0.1) is 6.92 Å². The number of hydrogen-bond acceptors (Lipinski definition) is 3. The fourth-order valence-electron chi connectivity index (χ4n) is 1.52. The van der Waals surface area contributed by atoms with Crippen molar-refractivity contribution in [1.29, 1.82) is 0 Å². The van der Waals surface area contributed by atoms with Crippen LogP contribution in [0.3, 0.4) is 0 Å². The van der Waals surface area contributed by atoms with Gasteiger partial charge in [-0.25, -0.2) is 0 Å². The second kappa shape index (κ2) is 2.88. The summed E-state index contributed by atoms with van der Waals surface area (Å²) in [5.74, 6) is 0.925. The molecule has 4 heteroatoms. The minimum atomic E-state index is -0.0949. The summed E-state index contributed by atoms with van der Waals surface area (Å²) in [5, 5.41) is 3.08. The highest BCUT2D eigenvalue weighted by Crippen LogP contribution is 2.23. The van der Waals surface area contributed by atoms with Crippen LogP contribution < -0.4 is 5.32 Å². The summed E-state index contributed by atoms with van der Waals surface area (Å²) in [6.45, 7) is 2.36. The number of rotatable bonds is 1. The summed E-state index contributed by atoms with van der Waals surface area (Å²) in [7, 11) is 1.77. The van der Waals surface area contributed by atoms with Gasteiger partial charge in [0.25, 0.3) is 0 Å². The normalized spacial score (nSPS) is 22.8. The van der Waals surface area contributed by atoms with Gasteiger partial charge in [-0.15, -0.1) is 0 Å². The molecule has 1 N–H and O–H groups in total. The average molecular weight is 180 g/mol. The van der Waals surface area contributed by atoms with Crippen LogP contribution in [0.25, 0.3) is 0 Å². The summed E-state index contributed by atoms with van der Waals surface area (Å²) in [4.78, 5) is 12.9. The highest BCUT2D eigenvalue weighted by molar-refractivity contribution is 5.80. The smallest absolute Gasteiger partial charge is 0.237 e. The van der Waals surface area contributed by atoms with Crippen molar-refractivity contribution >= 4 is 5.91 Å². The molecule has 0 spiro atoms. The maximum atomic E-state index is 11.2. The molecule has 2 heterocycles. The number of likely N-dealkylation sites (N-methyl/N-ethyl adjacent to an activating group) is 1. The van der Waals surface area contributed by atoms with Crippen molar-refractivity contribution in [2.75, 3.05) is 13.6 Å². The number of aryl methyl sites for hydroxylation is 1. The van der Waals surface area contributed by atoms with E-state index >= 15 is 0 Å². The van der Waals surface area contributed by atoms with Gasteiger partial charge in [0.2, 0.25) is 5.91 Å². The van der Waals surface area contributed by atoms with Crippen molar-refractivity contribution in [3.8, 4) is 0 Å². The Morgan fingerprint density at radius 1 is 1.69 bits per heavy atom. The molecule has 13 heavy (non-hydrogen) atoms. The van der Waals surface area contributed by atoms with Gasteiger partial charge in [0.05, 0.1) is 12.8 Å². The topological polar surface area (TPSA) is 45.5 Å². The second-order valence-corrected chi connectivity index (χ2v) is 3.26. The minimum absolute atomic E-state index is 0.0949. The van der Waals surface area contributed by atoms with Gasteiger partial charge in [-0.2, -0.15) is 0 Å². The zero-order valence-corrected chi connectivity index (χ0v) is 7.70. The van der Waals surface area contributed by atoms with E-state index in [1.165, 1.54) is 0 Å². The SMILES string of the molecule is Cc1ccoc1C1NCC(=O)N1C. The molecule has 1 atom stereocenters. The fourth-order valence-corrected chi connectivity index (χ4v) is 1.52. The third kappa shape index (κ3) is 1.23. The first-order valence-corrected chi connectivity index (χ1v) is 4.23. The molecule has 1 aromatic rings. The van der Waals surface area contributed by atoms with Crippen LogP contribution in [-0.2, 0) is 4.79 Å². The van der Waals surface area contributed by atoms with Crippen LogP contribution in [0.4, 0.5) is 0 Å². The Morgan fingerprint density at radius 2 is 2.46 bits per heavy atom. The van der Waals surface area contributed by atoms with Crippen LogP contribution in [0.5, 0.6) is 0 Å². The van der Waals surface area contributed by atoms with Gasteiger partial charge >= 0.3 is 0 Å². The maximum Gasteiger partial charge on any atom is 0.237 e. The summed E-state index contributed by atoms with van der Waals surface area (Å²) < 4.78 is 5.31. The van der Waals surface area contributed by atoms with Crippen molar-refractivity contribution in [2.45, 2.75) is 13.1 Å². The van der Waals surface area contributed by atoms with Crippen LogP contribution in [0.15, 0.2) is 16.7 Å². The first kappa shape index (κ1) is 8.31. The molecule has 2 rings (SSSR count). The molecule has 0 aromatic carbocycles. The van der Waals surface area contributed by atoms with Gasteiger partial charge in [0.1, 0.15) is 11.9 Å². The van der Waals surface area contributed by atoms with Crippen LogP contribution >= 0.6 is 0 Å². The highest BCUT2D eigenvalue weighted by Gasteiger charge is 2.31. The van der Waals surface area contributed by atoms with Crippen LogP contribution in [0.2, 0.25) is 0 Å². The number of hydrogen-bond donors (Lipinski definition) is 1. The van der Waals surface area contributed by atoms with E-state index in [9.17, 15) is 4.79 Å². The maximum absolute atomic E-state index is 11.2. The summed E-state index contributed by atoms with van der Waals surface area (Å²) >= 11 is 0. The Morgan fingerprint density at radius 3 is 2.92 bits per heavy atom. The van der Waals surface area contributed by atoms with Gasteiger partial charge in [-0.1, -0.05) is 0 Å². The number of furan rings is 1. The van der Waals surface area contributed by atoms with E-state index in [1.807, 2.05) is 13.0 Å². The predicted octanol–water partition coefficient (Wildman–Crippen LogP) is 0.648. The molecule has 1 aromatic heterocycles. The molecule has 1 amide bonds. The van der Waals surface area contributed by atoms with Crippen molar-refractivity contribution in [3.05, 3.63) is 23.7 Å². The Bertz CT molecular complexity index is 332. The van der Waals surface area contributed by atoms with E-state index in [1.54, 1.807) is 18.2 Å². The number of nitrogens with zero attached hydrogens (tertiary/aromatic N) is 1. The Hall–Kier alpha value is -1.29. The number of carbonyl (C=O) groups is 1. The molecule has 1 saturated heterocycles. The lowest BCUT2D eigenvalue weighted by Crippen LogP contribution is -2.25. The molecule has 0 radical (unpaired) electrons. The Balaban J connectivity index is 2.28. The molecule has 1 aliphatic heterocycles. The molecule has 0 saturated carbocycles. The Labute approximate surface area is 76.5 Å². The molecule has 1 aliphatic rings. The van der Waals surface area contributed by atoms with Gasteiger partial charge in [-0.3, -0.25) is 10.1 Å². The molecular formula is C9H12N2O2. The van der Waals surface area contributed by atoms with Gasteiger partial charge in [0.15, 0.2) is 0 Å². The molecule has 0 bridgehead atoms. The predicted molar refractivity (Wildman–Crippen MR) is 47.0 cm³/mol. The van der Waals surface area contributed by atoms with E-state index in [2.05, 4.69) is 5.32 Å². The lowest BCUT2D eigenvalue weighted by Gasteiger charge is -2.17. The third-order valence-corrected chi connectivity index (χ3v) is 2.38. The summed E-state index contributed by atoms with van der Waals surface area (Å²) in [6, 6.07) is 1.90. The lowest BCUT2D eigenvalue weighted by atomic mass is 10.2. The summed E-state index contributed by atoms with van der Waals surface area (Å²) in [5.41, 5.74) is 1.07. The highest BCUT2D eigenvalue weighted by atomic mass is 16.3. The van der Waals surface area contributed by atoms with E-state index in [4.69, 9.17) is 4.42 Å². The van der Waals surface area contributed by atoms with Crippen LogP contribution in [0.1, 0.15) is 17.5 Å². The second-order valence-electron chi connectivity index (χ2n) is 3.26. The van der Waals surface area contributed by atoms with Crippen molar-refractivity contribution in [2.24, 2.45) is 0 Å². The molecule has 0 aliphatic carbocycles. The van der Waals surface area contributed by atoms with Gasteiger partial charge in [0, 0.05) is 7.05 Å². The Kier molecular flexibility index (Phi) is 1.84. The van der Waals surface area contributed by atoms with Crippen molar-refractivity contribution in [3.63, 3.8) is 0 Å². The van der Waals surface area contributed by atoms with E-state index in [-0.39, 0.29) is 12.1 Å². The zero-order valence-electron chi connectivity index (χ0n) is 7.70. The number of carbonyl (C=O) groups excluding carboxylic acids is 1. The molecular weight excluding hydrogens is 168 g/mol. The number of amides is 1. The van der Waals surface area contributed by atoms with Crippen molar-refractivity contribution in [1.82, 2.24) is 10.2 Å². The van der Waals surface area contributed by atoms with E-state index in [0.29, 0.717) is 6.54 Å². The first-order valence-electron chi connectivity index (χ1n) is 4.23. The largest absolute Gasteiger partial charge is 0.465 e. The lowest BCUT2D eigenvalue weighted by molar-refractivity contribution is -0.126. The minimum Gasteiger partial charge on any atom is -0.465 e. The van der Waals surface area contributed by atoms with Crippen LogP contribution in [-0.4, -0.2) is 24.4 Å². The third-order valence-electron chi connectivity index (χ3n) is 2.38. The van der Waals surface area contributed by atoms with Crippen molar-refractivity contribution < 1.29 is 9.21 Å². The number of nitrogens with one attached hydrogen (secondary N) is 1. The van der Waals surface area contributed by atoms with Gasteiger partial charge in [-0.05, 0) is 18.6 Å². The molecule has 4 nitrogen and oxygen atoms in total. The zero-order chi connectivity index (χ0) is 9.42. The monoisotopic (exact) mass is 180 g/mol. The van der Waals surface area contributed by atoms with E-state index in [0.717, 1.165) is 11.3 Å². The average Bonchev–Trinajstić information content (AvgIpc) is 2.62.